The number of nitrogens with zero attached hydrogens (tertiary/aromatic N) is 3. The summed E-state index contributed by atoms with van der Waals surface area (Å²) in [6.07, 6.45) is 15.3. The summed E-state index contributed by atoms with van der Waals surface area (Å²) in [5, 5.41) is 3.82. The number of hydroxylamine groups is 6. The number of imide groups is 3. The predicted molar refractivity (Wildman–Crippen MR) is 320 cm³/mol. The zero-order valence-electron chi connectivity index (χ0n) is 54.2. The fraction of sp³-hybridized carbons (Fsp3) is 0.621. The van der Waals surface area contributed by atoms with E-state index >= 15 is 0 Å². The van der Waals surface area contributed by atoms with Crippen LogP contribution in [0.5, 0.6) is 0 Å². The van der Waals surface area contributed by atoms with E-state index < -0.39 is 137 Å². The summed E-state index contributed by atoms with van der Waals surface area (Å²) in [6, 6.07) is 0. The minimum atomic E-state index is -4.87. The van der Waals surface area contributed by atoms with Crippen LogP contribution in [0.2, 0.25) is 0 Å². The minimum Gasteiger partial charge on any atom is -0.756 e. The maximum atomic E-state index is 12.1. The quantitative estimate of drug-likeness (QED) is 0.0145. The van der Waals surface area contributed by atoms with Crippen LogP contribution in [0.25, 0.3) is 0 Å². The Morgan fingerprint density at radius 2 is 0.800 bits per heavy atom. The summed E-state index contributed by atoms with van der Waals surface area (Å²) in [6.45, 7) is 5.04. The number of rotatable bonds is 44. The molecule has 0 radical (unpaired) electrons. The molecular formula is C58H86N5NaO29P2. The number of phosphoric ester groups is 2. The monoisotopic (exact) mass is 1400 g/mol. The van der Waals surface area contributed by atoms with Crippen LogP contribution in [0.3, 0.4) is 0 Å². The molecule has 0 aliphatic carbocycles. The number of unbranched alkanes of at least 4 members (excludes halogenated alkanes) is 2. The van der Waals surface area contributed by atoms with Crippen molar-refractivity contribution < 1.29 is 167 Å². The van der Waals surface area contributed by atoms with Crippen LogP contribution < -0.4 is 45.5 Å². The average Bonchev–Trinajstić information content (AvgIpc) is 1.82. The molecule has 0 spiro atoms. The van der Waals surface area contributed by atoms with Crippen LogP contribution in [-0.4, -0.2) is 168 Å². The number of hydrogen-bond donors (Lipinski definition) is 3. The molecule has 0 saturated carbocycles. The number of nitrogens with one attached hydrogen (secondary N) is 1. The van der Waals surface area contributed by atoms with Gasteiger partial charge in [-0.1, -0.05) is 76.3 Å². The van der Waals surface area contributed by atoms with Crippen LogP contribution in [0.1, 0.15) is 169 Å². The Morgan fingerprint density at radius 3 is 1.14 bits per heavy atom. The summed E-state index contributed by atoms with van der Waals surface area (Å²) in [5.74, 6) is -8.45. The van der Waals surface area contributed by atoms with E-state index in [0.29, 0.717) is 28.0 Å². The van der Waals surface area contributed by atoms with Crippen molar-refractivity contribution in [3.63, 3.8) is 0 Å². The van der Waals surface area contributed by atoms with Crippen LogP contribution in [0.15, 0.2) is 48.6 Å². The molecule has 3 aliphatic heterocycles. The number of allylic oxidation sites excluding steroid dienone is 4. The molecule has 3 aliphatic rings. The summed E-state index contributed by atoms with van der Waals surface area (Å²) in [4.78, 5) is 198. The third-order valence-corrected chi connectivity index (χ3v) is 13.7. The zero-order valence-corrected chi connectivity index (χ0v) is 58.0. The predicted octanol–water partition coefficient (Wildman–Crippen LogP) is 0.951. The summed E-state index contributed by atoms with van der Waals surface area (Å²) < 4.78 is 63.1. The van der Waals surface area contributed by atoms with Gasteiger partial charge in [-0.15, -0.1) is 15.2 Å². The van der Waals surface area contributed by atoms with Gasteiger partial charge in [0, 0.05) is 77.3 Å². The first kappa shape index (κ1) is 88.3. The van der Waals surface area contributed by atoms with Crippen molar-refractivity contribution in [2.45, 2.75) is 181 Å². The zero-order chi connectivity index (χ0) is 70.3. The molecule has 528 valence electrons. The van der Waals surface area contributed by atoms with Crippen molar-refractivity contribution in [3.8, 4) is 0 Å². The van der Waals surface area contributed by atoms with Crippen LogP contribution in [0, 0.1) is 0 Å². The van der Waals surface area contributed by atoms with Crippen molar-refractivity contribution in [1.82, 2.24) is 20.5 Å². The summed E-state index contributed by atoms with van der Waals surface area (Å²) >= 11 is 0. The molecule has 0 aromatic heterocycles. The Bertz CT molecular complexity index is 2660. The van der Waals surface area contributed by atoms with E-state index in [1.807, 2.05) is 33.8 Å². The van der Waals surface area contributed by atoms with Gasteiger partial charge in [-0.3, -0.25) is 66.4 Å². The van der Waals surface area contributed by atoms with E-state index in [9.17, 15) is 86.0 Å². The van der Waals surface area contributed by atoms with Crippen molar-refractivity contribution in [3.05, 3.63) is 48.6 Å². The molecule has 95 heavy (non-hydrogen) atoms. The number of amides is 7. The number of ether oxygens (including phenoxy) is 4. The van der Waals surface area contributed by atoms with Crippen molar-refractivity contribution >= 4 is 98.8 Å². The molecule has 3 saturated heterocycles. The topological polar surface area (TPSA) is 466 Å². The van der Waals surface area contributed by atoms with Gasteiger partial charge in [0.1, 0.15) is 13.2 Å². The number of carbonyl (C=O) groups is 14. The second kappa shape index (κ2) is 51.6. The van der Waals surface area contributed by atoms with E-state index in [1.165, 1.54) is 0 Å². The van der Waals surface area contributed by atoms with Gasteiger partial charge in [-0.2, -0.15) is 0 Å². The molecule has 0 aromatic carbocycles. The van der Waals surface area contributed by atoms with Gasteiger partial charge in [-0.25, -0.2) is 18.9 Å². The third kappa shape index (κ3) is 43.2. The molecular weight excluding hydrogens is 1320 g/mol. The Labute approximate surface area is 571 Å². The van der Waals surface area contributed by atoms with Gasteiger partial charge in [0.2, 0.25) is 5.91 Å². The second-order valence-electron chi connectivity index (χ2n) is 19.8. The maximum Gasteiger partial charge on any atom is 1.00 e. The molecule has 34 nitrogen and oxygen atoms in total. The van der Waals surface area contributed by atoms with Gasteiger partial charge in [0.05, 0.1) is 52.1 Å². The Morgan fingerprint density at radius 1 is 0.474 bits per heavy atom. The molecule has 3 rings (SSSR count). The Hall–Kier alpha value is -6.68. The van der Waals surface area contributed by atoms with E-state index in [4.69, 9.17) is 43.1 Å². The molecule has 4 N–H and O–H groups in total. The first-order valence-corrected chi connectivity index (χ1v) is 33.3. The first-order chi connectivity index (χ1) is 44.7. The molecule has 4 unspecified atom stereocenters. The van der Waals surface area contributed by atoms with Gasteiger partial charge in [0.25, 0.3) is 43.3 Å². The van der Waals surface area contributed by atoms with Gasteiger partial charge >= 0.3 is 79.2 Å². The van der Waals surface area contributed by atoms with Crippen molar-refractivity contribution in [1.29, 1.82) is 0 Å². The Kier molecular flexibility index (Phi) is 47.9. The van der Waals surface area contributed by atoms with Crippen LogP contribution in [-0.2, 0) is 128 Å². The second-order valence-corrected chi connectivity index (χ2v) is 22.7. The molecule has 7 amide bonds. The van der Waals surface area contributed by atoms with E-state index in [0.717, 1.165) is 19.3 Å². The first-order valence-electron chi connectivity index (χ1n) is 30.4. The molecule has 0 bridgehead atoms. The van der Waals surface area contributed by atoms with Gasteiger partial charge < -0.3 is 63.3 Å². The van der Waals surface area contributed by atoms with E-state index in [-0.39, 0.29) is 165 Å². The van der Waals surface area contributed by atoms with Crippen LogP contribution >= 0.6 is 15.6 Å². The standard InChI is InChI=1S/C27H41N2O13P.C17H30NO8P.C14H16N2O8.Na/c1-3-5-7-12-25(33)38-19-21(41-26(34)13-8-6-4-2)20-40-43(36,37)39-18-17-28-22(30)11-9-10-14-27(35)42-29-23(31)15-16-24(29)32;1-3-5-7-9-16(19)23-13-15(26-17(20)10-8-6-4-2)14-25-27(21,22)24-12-11-18;17-9-5-6-10(18)15(9)23-13(21)3-1-2-4-14(22)24-16-11(19)7-8-12(16)20;/h5-8,21H,3-4,9-20H2,1-2H3,(H,28,30)(H,36,37);5-8,15H,3-4,9-14,18H2,1-2H3,(H,21,22);1-8H2;/q;;;+1/p-1/b2*7-5-,8-6-;;. The average molecular weight is 1400 g/mol. The third-order valence-electron chi connectivity index (χ3n) is 11.7. The van der Waals surface area contributed by atoms with Crippen LogP contribution in [0.4, 0.5) is 0 Å². The summed E-state index contributed by atoms with van der Waals surface area (Å²) in [7, 11) is -9.20. The van der Waals surface area contributed by atoms with Gasteiger partial charge in [0.15, 0.2) is 12.2 Å². The largest absolute Gasteiger partial charge is 1.00 e. The molecule has 3 heterocycles. The number of phosphoric acid groups is 2. The van der Waals surface area contributed by atoms with E-state index in [1.54, 1.807) is 42.5 Å². The molecule has 4 atom stereocenters. The number of esters is 4. The number of carbonyl (C=O) groups excluding carboxylic acids is 14. The SMILES string of the molecule is CC/C=C\CC(=O)OCC(COP(=O)(O)OCCN)OC(=O)C/C=C\CC.CC/C=C\CC(=O)OCC(COP(=O)([O-])OCCNC(=O)CCCCC(=O)ON1C(=O)CCC1=O)OC(=O)C/C=C\CC.O=C(CCCCC(=O)ON1C(=O)CCC1=O)ON1C(=O)CCC1=O.[Na+]. The number of hydrogen-bond acceptors (Lipinski definition) is 29. The Balaban J connectivity index is 0.00000147. The van der Waals surface area contributed by atoms with Crippen molar-refractivity contribution in [2.75, 3.05) is 52.7 Å². The summed E-state index contributed by atoms with van der Waals surface area (Å²) in [5.41, 5.74) is 5.19. The smallest absolute Gasteiger partial charge is 0.756 e. The maximum absolute atomic E-state index is 12.1. The normalized spacial score (nSPS) is 15.7. The van der Waals surface area contributed by atoms with Gasteiger partial charge in [-0.05, 0) is 51.4 Å². The fourth-order valence-corrected chi connectivity index (χ4v) is 8.62. The molecule has 37 heteroatoms. The van der Waals surface area contributed by atoms with E-state index in [2.05, 4.69) is 19.5 Å². The van der Waals surface area contributed by atoms with Crippen molar-refractivity contribution in [2.24, 2.45) is 5.73 Å². The molecule has 3 fully saturated rings. The molecule has 0 aromatic rings. The number of nitrogens with two attached hydrogens (primary N) is 1. The fourth-order valence-electron chi connectivity index (χ4n) is 7.12. The minimum absolute atomic E-state index is 0.